The van der Waals surface area contributed by atoms with Gasteiger partial charge >= 0.3 is 0 Å². The number of nitrogens with zero attached hydrogens (tertiary/aromatic N) is 1. The van der Waals surface area contributed by atoms with E-state index >= 15 is 0 Å². The molecule has 1 aliphatic heterocycles. The Labute approximate surface area is 116 Å². The Bertz CT molecular complexity index is 461. The second-order valence-corrected chi connectivity index (χ2v) is 4.78. The van der Waals surface area contributed by atoms with Gasteiger partial charge in [0.1, 0.15) is 6.10 Å². The maximum atomic E-state index is 5.85. The Morgan fingerprint density at radius 3 is 2.89 bits per heavy atom. The van der Waals surface area contributed by atoms with E-state index in [1.807, 2.05) is 24.3 Å². The predicted octanol–water partition coefficient (Wildman–Crippen LogP) is 1.93. The van der Waals surface area contributed by atoms with E-state index in [0.29, 0.717) is 11.7 Å². The van der Waals surface area contributed by atoms with Crippen molar-refractivity contribution in [3.63, 3.8) is 0 Å². The topological polar surface area (TPSA) is 45.7 Å². The van der Waals surface area contributed by atoms with Crippen LogP contribution in [0.15, 0.2) is 29.4 Å². The first-order valence-corrected chi connectivity index (χ1v) is 6.42. The monoisotopic (exact) mass is 283 g/mol. The molecule has 2 rings (SSSR count). The highest BCUT2D eigenvalue weighted by Crippen LogP contribution is 2.18. The first kappa shape index (κ1) is 13.1. The van der Waals surface area contributed by atoms with E-state index < -0.39 is 0 Å². The summed E-state index contributed by atoms with van der Waals surface area (Å²) in [5.74, 6) is 0. The number of benzene rings is 1. The lowest BCUT2D eigenvalue weighted by Gasteiger charge is -2.10. The van der Waals surface area contributed by atoms with Crippen molar-refractivity contribution < 1.29 is 4.84 Å². The van der Waals surface area contributed by atoms with Gasteiger partial charge in [-0.1, -0.05) is 28.9 Å². The largest absolute Gasteiger partial charge is 0.390 e. The summed E-state index contributed by atoms with van der Waals surface area (Å²) in [4.78, 5) is 5.35. The summed E-state index contributed by atoms with van der Waals surface area (Å²) in [6, 6.07) is 7.58. The molecule has 0 saturated heterocycles. The molecule has 0 amide bonds. The summed E-state index contributed by atoms with van der Waals surface area (Å²) >= 11 is 10.8. The average molecular weight is 284 g/mol. The molecular formula is C12H14ClN3OS. The lowest BCUT2D eigenvalue weighted by atomic mass is 10.1. The van der Waals surface area contributed by atoms with Gasteiger partial charge in [0.15, 0.2) is 5.11 Å². The molecule has 0 saturated carbocycles. The summed E-state index contributed by atoms with van der Waals surface area (Å²) in [6.07, 6.45) is 0.781. The first-order chi connectivity index (χ1) is 8.69. The molecule has 2 N–H and O–H groups in total. The molecule has 0 fully saturated rings. The third-order valence-electron chi connectivity index (χ3n) is 2.63. The van der Waals surface area contributed by atoms with Crippen LogP contribution in [0.4, 0.5) is 0 Å². The smallest absolute Gasteiger partial charge is 0.166 e. The lowest BCUT2D eigenvalue weighted by molar-refractivity contribution is 0.0885. The fraction of sp³-hybridized carbons (Fsp3) is 0.333. The second-order valence-electron chi connectivity index (χ2n) is 3.94. The summed E-state index contributed by atoms with van der Waals surface area (Å²) in [6.45, 7) is 0.639. The molecule has 0 aliphatic carbocycles. The Kier molecular flexibility index (Phi) is 4.38. The number of oxime groups is 1. The molecule has 1 atom stereocenters. The molecule has 6 heteroatoms. The summed E-state index contributed by atoms with van der Waals surface area (Å²) in [7, 11) is 1.78. The molecule has 18 heavy (non-hydrogen) atoms. The van der Waals surface area contributed by atoms with E-state index in [1.54, 1.807) is 7.05 Å². The molecule has 1 aromatic rings. The standard InChI is InChI=1S/C12H14ClN3OS/c1-14-12(18)15-7-10-6-11(16-17-10)8-2-4-9(13)5-3-8/h2-5,10H,6-7H2,1H3,(H2,14,15,18). The molecule has 0 bridgehead atoms. The van der Waals surface area contributed by atoms with E-state index in [-0.39, 0.29) is 6.10 Å². The van der Waals surface area contributed by atoms with Crippen molar-refractivity contribution in [3.8, 4) is 0 Å². The van der Waals surface area contributed by atoms with Gasteiger partial charge in [-0.25, -0.2) is 0 Å². The number of hydrogen-bond acceptors (Lipinski definition) is 3. The Balaban J connectivity index is 1.87. The van der Waals surface area contributed by atoms with Crippen LogP contribution in [0.1, 0.15) is 12.0 Å². The number of rotatable bonds is 3. The van der Waals surface area contributed by atoms with Crippen LogP contribution >= 0.6 is 23.8 Å². The van der Waals surface area contributed by atoms with Crippen LogP contribution < -0.4 is 10.6 Å². The normalized spacial score (nSPS) is 17.9. The van der Waals surface area contributed by atoms with Crippen molar-refractivity contribution in [3.05, 3.63) is 34.9 Å². The highest BCUT2D eigenvalue weighted by molar-refractivity contribution is 7.80. The molecule has 4 nitrogen and oxygen atoms in total. The Morgan fingerprint density at radius 1 is 1.50 bits per heavy atom. The van der Waals surface area contributed by atoms with Gasteiger partial charge in [-0.2, -0.15) is 0 Å². The van der Waals surface area contributed by atoms with E-state index in [9.17, 15) is 0 Å². The summed E-state index contributed by atoms with van der Waals surface area (Å²) in [5, 5.41) is 11.3. The zero-order valence-electron chi connectivity index (χ0n) is 9.94. The van der Waals surface area contributed by atoms with Crippen LogP contribution in [0, 0.1) is 0 Å². The quantitative estimate of drug-likeness (QED) is 0.832. The minimum Gasteiger partial charge on any atom is -0.390 e. The number of nitrogens with one attached hydrogen (secondary N) is 2. The van der Waals surface area contributed by atoms with Crippen molar-refractivity contribution in [2.24, 2.45) is 5.16 Å². The SMILES string of the molecule is CNC(=S)NCC1CC(c2ccc(Cl)cc2)=NO1. The van der Waals surface area contributed by atoms with Gasteiger partial charge in [-0.3, -0.25) is 0 Å². The minimum atomic E-state index is 0.0157. The third kappa shape index (κ3) is 3.34. The van der Waals surface area contributed by atoms with Crippen LogP contribution in [-0.2, 0) is 4.84 Å². The maximum Gasteiger partial charge on any atom is 0.166 e. The van der Waals surface area contributed by atoms with E-state index in [1.165, 1.54) is 0 Å². The van der Waals surface area contributed by atoms with Crippen LogP contribution in [0.5, 0.6) is 0 Å². The third-order valence-corrected chi connectivity index (χ3v) is 3.23. The molecule has 1 heterocycles. The van der Waals surface area contributed by atoms with E-state index in [0.717, 1.165) is 22.7 Å². The van der Waals surface area contributed by atoms with Crippen LogP contribution in [-0.4, -0.2) is 30.5 Å². The summed E-state index contributed by atoms with van der Waals surface area (Å²) in [5.41, 5.74) is 1.98. The van der Waals surface area contributed by atoms with Gasteiger partial charge in [-0.05, 0) is 29.9 Å². The fourth-order valence-electron chi connectivity index (χ4n) is 1.65. The highest BCUT2D eigenvalue weighted by Gasteiger charge is 2.21. The molecule has 96 valence electrons. The average Bonchev–Trinajstić information content (AvgIpc) is 2.85. The van der Waals surface area contributed by atoms with Crippen molar-refractivity contribution in [1.29, 1.82) is 0 Å². The minimum absolute atomic E-state index is 0.0157. The molecule has 1 unspecified atom stereocenters. The van der Waals surface area contributed by atoms with Gasteiger partial charge in [0.05, 0.1) is 12.3 Å². The van der Waals surface area contributed by atoms with Gasteiger partial charge in [0.25, 0.3) is 0 Å². The maximum absolute atomic E-state index is 5.85. The van der Waals surface area contributed by atoms with Crippen LogP contribution in [0.25, 0.3) is 0 Å². The van der Waals surface area contributed by atoms with Gasteiger partial charge < -0.3 is 15.5 Å². The summed E-state index contributed by atoms with van der Waals surface area (Å²) < 4.78 is 0. The van der Waals surface area contributed by atoms with Crippen LogP contribution in [0.2, 0.25) is 5.02 Å². The van der Waals surface area contributed by atoms with Crippen molar-refractivity contribution in [2.75, 3.05) is 13.6 Å². The molecular weight excluding hydrogens is 270 g/mol. The fourth-order valence-corrected chi connectivity index (χ4v) is 1.85. The Hall–Kier alpha value is -1.33. The highest BCUT2D eigenvalue weighted by atomic mass is 35.5. The second kappa shape index (κ2) is 6.02. The number of thiocarbonyl (C=S) groups is 1. The van der Waals surface area contributed by atoms with E-state index in [2.05, 4.69) is 15.8 Å². The Morgan fingerprint density at radius 2 is 2.22 bits per heavy atom. The van der Waals surface area contributed by atoms with Gasteiger partial charge in [0.2, 0.25) is 0 Å². The van der Waals surface area contributed by atoms with Gasteiger partial charge in [0, 0.05) is 18.5 Å². The molecule has 0 spiro atoms. The lowest BCUT2D eigenvalue weighted by Crippen LogP contribution is -2.37. The zero-order valence-corrected chi connectivity index (χ0v) is 11.5. The molecule has 0 radical (unpaired) electrons. The van der Waals surface area contributed by atoms with E-state index in [4.69, 9.17) is 28.7 Å². The van der Waals surface area contributed by atoms with Crippen molar-refractivity contribution in [2.45, 2.75) is 12.5 Å². The molecule has 1 aromatic carbocycles. The zero-order chi connectivity index (χ0) is 13.0. The number of halogens is 1. The molecule has 1 aliphatic rings. The van der Waals surface area contributed by atoms with Crippen molar-refractivity contribution in [1.82, 2.24) is 10.6 Å². The molecule has 0 aromatic heterocycles. The van der Waals surface area contributed by atoms with Crippen molar-refractivity contribution >= 4 is 34.6 Å². The predicted molar refractivity (Wildman–Crippen MR) is 77.1 cm³/mol. The van der Waals surface area contributed by atoms with Crippen LogP contribution in [0.3, 0.4) is 0 Å². The number of hydrogen-bond donors (Lipinski definition) is 2. The first-order valence-electron chi connectivity index (χ1n) is 5.63. The van der Waals surface area contributed by atoms with Gasteiger partial charge in [-0.15, -0.1) is 0 Å².